The summed E-state index contributed by atoms with van der Waals surface area (Å²) >= 11 is 0. The van der Waals surface area contributed by atoms with E-state index >= 15 is 0 Å². The van der Waals surface area contributed by atoms with Crippen molar-refractivity contribution < 1.29 is 19.1 Å². The fraction of sp³-hybridized carbons (Fsp3) is 0.367. The molecule has 1 saturated heterocycles. The molecule has 3 aromatic carbocycles. The quantitative estimate of drug-likeness (QED) is 0.414. The average Bonchev–Trinajstić information content (AvgIpc) is 2.94. The smallest absolute Gasteiger partial charge is 0.321 e. The Morgan fingerprint density at radius 3 is 2.38 bits per heavy atom. The fourth-order valence-corrected chi connectivity index (χ4v) is 4.77. The first-order chi connectivity index (χ1) is 18.0. The summed E-state index contributed by atoms with van der Waals surface area (Å²) < 4.78 is 5.13. The molecular formula is C30H35N3O4. The number of amides is 3. The Kier molecular flexibility index (Phi) is 9.13. The van der Waals surface area contributed by atoms with Crippen LogP contribution in [0.3, 0.4) is 0 Å². The van der Waals surface area contributed by atoms with Gasteiger partial charge < -0.3 is 19.9 Å². The number of anilines is 1. The molecule has 3 aromatic rings. The third-order valence-corrected chi connectivity index (χ3v) is 6.89. The summed E-state index contributed by atoms with van der Waals surface area (Å²) in [5.41, 5.74) is 1.89. The number of hydrogen-bond donors (Lipinski definition) is 1. The summed E-state index contributed by atoms with van der Waals surface area (Å²) in [5, 5.41) is 5.09. The number of carbonyl (C=O) groups excluding carboxylic acids is 3. The fourth-order valence-electron chi connectivity index (χ4n) is 4.77. The molecule has 194 valence electrons. The van der Waals surface area contributed by atoms with Crippen LogP contribution in [0.4, 0.5) is 10.5 Å². The number of nitrogens with zero attached hydrogens (tertiary/aromatic N) is 2. The molecule has 1 aliphatic rings. The van der Waals surface area contributed by atoms with E-state index in [2.05, 4.69) is 5.32 Å². The molecule has 37 heavy (non-hydrogen) atoms. The second kappa shape index (κ2) is 12.9. The van der Waals surface area contributed by atoms with Crippen LogP contribution in [0.15, 0.2) is 72.8 Å². The Bertz CT molecular complexity index is 1200. The maximum Gasteiger partial charge on any atom is 0.321 e. The van der Waals surface area contributed by atoms with Crippen LogP contribution in [-0.4, -0.2) is 60.5 Å². The molecular weight excluding hydrogens is 466 g/mol. The number of urea groups is 1. The van der Waals surface area contributed by atoms with Gasteiger partial charge >= 0.3 is 12.0 Å². The van der Waals surface area contributed by atoms with E-state index < -0.39 is 0 Å². The van der Waals surface area contributed by atoms with Gasteiger partial charge in [-0.1, -0.05) is 66.7 Å². The minimum atomic E-state index is -0.221. The van der Waals surface area contributed by atoms with Crippen molar-refractivity contribution in [1.29, 1.82) is 0 Å². The van der Waals surface area contributed by atoms with Gasteiger partial charge in [0.1, 0.15) is 0 Å². The molecule has 4 rings (SSSR count). The standard InChI is InChI=1S/C30H35N3O4/c1-2-37-29(35)25-16-20-32(21-17-25)28(34)18-22-33(19-15-23-9-4-3-5-10-23)30(36)31-27-14-8-12-24-11-6-7-13-26(24)27/h3-14,25H,2,15-22H2,1H3,(H,31,36). The first-order valence-electron chi connectivity index (χ1n) is 13.1. The third-order valence-electron chi connectivity index (χ3n) is 6.89. The number of likely N-dealkylation sites (tertiary alicyclic amines) is 1. The van der Waals surface area contributed by atoms with Crippen LogP contribution in [0.5, 0.6) is 0 Å². The summed E-state index contributed by atoms with van der Waals surface area (Å²) in [6.45, 7) is 4.07. The highest BCUT2D eigenvalue weighted by Gasteiger charge is 2.28. The summed E-state index contributed by atoms with van der Waals surface area (Å²) in [4.78, 5) is 41.9. The molecule has 0 radical (unpaired) electrons. The molecule has 1 fully saturated rings. The summed E-state index contributed by atoms with van der Waals surface area (Å²) in [5.74, 6) is -0.311. The van der Waals surface area contributed by atoms with Gasteiger partial charge in [0.15, 0.2) is 0 Å². The third kappa shape index (κ3) is 7.09. The zero-order valence-electron chi connectivity index (χ0n) is 21.4. The van der Waals surface area contributed by atoms with Gasteiger partial charge in [0.25, 0.3) is 0 Å². The zero-order valence-corrected chi connectivity index (χ0v) is 21.4. The Morgan fingerprint density at radius 2 is 1.62 bits per heavy atom. The lowest BCUT2D eigenvalue weighted by Crippen LogP contribution is -2.43. The molecule has 0 aliphatic carbocycles. The first-order valence-corrected chi connectivity index (χ1v) is 13.1. The lowest BCUT2D eigenvalue weighted by molar-refractivity contribution is -0.151. The molecule has 0 spiro atoms. The second-order valence-electron chi connectivity index (χ2n) is 9.34. The van der Waals surface area contributed by atoms with Crippen molar-refractivity contribution in [1.82, 2.24) is 9.80 Å². The Balaban J connectivity index is 1.39. The summed E-state index contributed by atoms with van der Waals surface area (Å²) in [7, 11) is 0. The van der Waals surface area contributed by atoms with Crippen molar-refractivity contribution >= 4 is 34.4 Å². The van der Waals surface area contributed by atoms with E-state index in [1.807, 2.05) is 72.8 Å². The first kappa shape index (κ1) is 26.2. The number of benzene rings is 3. The van der Waals surface area contributed by atoms with Crippen molar-refractivity contribution in [2.75, 3.05) is 38.1 Å². The minimum absolute atomic E-state index is 0.00461. The molecule has 7 nitrogen and oxygen atoms in total. The van der Waals surface area contributed by atoms with Gasteiger partial charge in [-0.3, -0.25) is 9.59 Å². The predicted octanol–water partition coefficient (Wildman–Crippen LogP) is 5.11. The molecule has 1 N–H and O–H groups in total. The van der Waals surface area contributed by atoms with Crippen molar-refractivity contribution in [3.63, 3.8) is 0 Å². The zero-order chi connectivity index (χ0) is 26.0. The normalized spacial score (nSPS) is 13.8. The molecule has 0 atom stereocenters. The van der Waals surface area contributed by atoms with E-state index in [0.717, 1.165) is 22.0 Å². The van der Waals surface area contributed by atoms with E-state index in [1.54, 1.807) is 16.7 Å². The molecule has 1 aliphatic heterocycles. The Labute approximate surface area is 218 Å². The lowest BCUT2D eigenvalue weighted by Gasteiger charge is -2.31. The van der Waals surface area contributed by atoms with Gasteiger partial charge in [0.05, 0.1) is 18.2 Å². The van der Waals surface area contributed by atoms with E-state index in [-0.39, 0.29) is 30.2 Å². The number of hydrogen-bond acceptors (Lipinski definition) is 4. The molecule has 0 unspecified atom stereocenters. The monoisotopic (exact) mass is 501 g/mol. The molecule has 0 bridgehead atoms. The van der Waals surface area contributed by atoms with Crippen LogP contribution >= 0.6 is 0 Å². The van der Waals surface area contributed by atoms with Crippen LogP contribution in [-0.2, 0) is 20.7 Å². The van der Waals surface area contributed by atoms with Crippen LogP contribution in [0.25, 0.3) is 10.8 Å². The number of piperidine rings is 1. The SMILES string of the molecule is CCOC(=O)C1CCN(C(=O)CCN(CCc2ccccc2)C(=O)Nc2cccc3ccccc23)CC1. The van der Waals surface area contributed by atoms with Gasteiger partial charge in [-0.2, -0.15) is 0 Å². The summed E-state index contributed by atoms with van der Waals surface area (Å²) in [6, 6.07) is 23.6. The minimum Gasteiger partial charge on any atom is -0.466 e. The van der Waals surface area contributed by atoms with Crippen LogP contribution in [0.1, 0.15) is 31.7 Å². The number of rotatable bonds is 9. The van der Waals surface area contributed by atoms with Crippen molar-refractivity contribution in [3.05, 3.63) is 78.4 Å². The van der Waals surface area contributed by atoms with E-state index in [0.29, 0.717) is 52.0 Å². The van der Waals surface area contributed by atoms with Crippen molar-refractivity contribution in [3.8, 4) is 0 Å². The molecule has 0 saturated carbocycles. The second-order valence-corrected chi connectivity index (χ2v) is 9.34. The summed E-state index contributed by atoms with van der Waals surface area (Å²) in [6.07, 6.45) is 2.17. The topological polar surface area (TPSA) is 79.0 Å². The van der Waals surface area contributed by atoms with Gasteiger partial charge in [-0.05, 0) is 43.2 Å². The predicted molar refractivity (Wildman–Crippen MR) is 145 cm³/mol. The number of esters is 1. The number of carbonyl (C=O) groups is 3. The molecule has 0 aromatic heterocycles. The average molecular weight is 502 g/mol. The maximum absolute atomic E-state index is 13.4. The number of ether oxygens (including phenoxy) is 1. The van der Waals surface area contributed by atoms with E-state index in [9.17, 15) is 14.4 Å². The molecule has 3 amide bonds. The Hall–Kier alpha value is -3.87. The number of nitrogens with one attached hydrogen (secondary N) is 1. The highest BCUT2D eigenvalue weighted by Crippen LogP contribution is 2.24. The van der Waals surface area contributed by atoms with Gasteiger partial charge in [-0.15, -0.1) is 0 Å². The van der Waals surface area contributed by atoms with Crippen LogP contribution in [0, 0.1) is 5.92 Å². The van der Waals surface area contributed by atoms with E-state index in [4.69, 9.17) is 4.74 Å². The molecule has 7 heteroatoms. The van der Waals surface area contributed by atoms with Gasteiger partial charge in [-0.25, -0.2) is 4.79 Å². The lowest BCUT2D eigenvalue weighted by atomic mass is 9.97. The van der Waals surface area contributed by atoms with Crippen LogP contribution in [0.2, 0.25) is 0 Å². The Morgan fingerprint density at radius 1 is 0.919 bits per heavy atom. The van der Waals surface area contributed by atoms with E-state index in [1.165, 1.54) is 0 Å². The van der Waals surface area contributed by atoms with Crippen molar-refractivity contribution in [2.24, 2.45) is 5.92 Å². The highest BCUT2D eigenvalue weighted by atomic mass is 16.5. The van der Waals surface area contributed by atoms with Crippen molar-refractivity contribution in [2.45, 2.75) is 32.6 Å². The largest absolute Gasteiger partial charge is 0.466 e. The maximum atomic E-state index is 13.4. The number of fused-ring (bicyclic) bond motifs is 1. The van der Waals surface area contributed by atoms with Gasteiger partial charge in [0, 0.05) is 38.0 Å². The highest BCUT2D eigenvalue weighted by molar-refractivity contribution is 6.01. The van der Waals surface area contributed by atoms with Gasteiger partial charge in [0.2, 0.25) is 5.91 Å². The molecule has 1 heterocycles. The van der Waals surface area contributed by atoms with Crippen LogP contribution < -0.4 is 5.32 Å².